The highest BCUT2D eigenvalue weighted by atomic mass is 32.2. The number of anilines is 1. The van der Waals surface area contributed by atoms with E-state index in [-0.39, 0.29) is 15.1 Å². The van der Waals surface area contributed by atoms with E-state index in [2.05, 4.69) is 15.5 Å². The Hall–Kier alpha value is -2.43. The van der Waals surface area contributed by atoms with Crippen LogP contribution in [0.25, 0.3) is 0 Å². The van der Waals surface area contributed by atoms with Gasteiger partial charge in [0.05, 0.1) is 6.54 Å². The molecule has 1 saturated heterocycles. The molecule has 0 saturated carbocycles. The Labute approximate surface area is 186 Å². The van der Waals surface area contributed by atoms with Crippen LogP contribution in [0, 0.1) is 0 Å². The second kappa shape index (κ2) is 9.37. The molecule has 31 heavy (non-hydrogen) atoms. The minimum absolute atomic E-state index is 0.0162. The molecular formula is C15H21N5O8S3. The Balaban J connectivity index is 2.18. The van der Waals surface area contributed by atoms with Gasteiger partial charge in [0, 0.05) is 5.38 Å². The zero-order valence-corrected chi connectivity index (χ0v) is 19.3. The molecule has 1 aromatic rings. The van der Waals surface area contributed by atoms with Gasteiger partial charge in [-0.2, -0.15) is 8.42 Å². The number of nitrogens with two attached hydrogens (primary N) is 1. The van der Waals surface area contributed by atoms with Gasteiger partial charge in [-0.3, -0.25) is 14.1 Å². The minimum atomic E-state index is -4.71. The van der Waals surface area contributed by atoms with Gasteiger partial charge in [0.15, 0.2) is 10.8 Å². The lowest BCUT2D eigenvalue weighted by atomic mass is 10.1. The number of esters is 1. The van der Waals surface area contributed by atoms with Crippen molar-refractivity contribution in [1.29, 1.82) is 0 Å². The summed E-state index contributed by atoms with van der Waals surface area (Å²) in [6.07, 6.45) is 1.57. The number of thiazole rings is 1. The summed E-state index contributed by atoms with van der Waals surface area (Å²) >= 11 is 1.99. The maximum Gasteiger partial charge on any atom is 0.362 e. The molecule has 13 nitrogen and oxygen atoms in total. The number of carbonyl (C=O) groups is 3. The molecule has 0 radical (unpaired) electrons. The number of β-lactam (4-membered cyclic amide) rings is 1. The molecule has 2 amide bonds. The highest BCUT2D eigenvalue weighted by Gasteiger charge is 2.45. The van der Waals surface area contributed by atoms with Crippen molar-refractivity contribution in [2.45, 2.75) is 37.9 Å². The van der Waals surface area contributed by atoms with Crippen LogP contribution in [0.2, 0.25) is 0 Å². The van der Waals surface area contributed by atoms with Crippen molar-refractivity contribution in [3.05, 3.63) is 11.1 Å². The average Bonchev–Trinajstić information content (AvgIpc) is 3.04. The van der Waals surface area contributed by atoms with Crippen molar-refractivity contribution in [3.8, 4) is 0 Å². The number of aromatic nitrogens is 1. The first kappa shape index (κ1) is 24.8. The second-order valence-corrected chi connectivity index (χ2v) is 10.2. The van der Waals surface area contributed by atoms with Gasteiger partial charge < -0.3 is 20.6 Å². The number of carbonyl (C=O) groups excluding carboxylic acids is 3. The number of hydrogen-bond donors (Lipinski definition) is 3. The summed E-state index contributed by atoms with van der Waals surface area (Å²) in [4.78, 5) is 45.8. The molecule has 1 aliphatic heterocycles. The van der Waals surface area contributed by atoms with Crippen LogP contribution in [-0.4, -0.2) is 75.6 Å². The van der Waals surface area contributed by atoms with Crippen LogP contribution in [0.15, 0.2) is 10.5 Å². The molecule has 1 unspecified atom stereocenters. The molecule has 0 spiro atoms. The molecule has 1 aliphatic rings. The first-order valence-electron chi connectivity index (χ1n) is 8.53. The van der Waals surface area contributed by atoms with Crippen molar-refractivity contribution >= 4 is 62.0 Å². The van der Waals surface area contributed by atoms with Crippen LogP contribution in [-0.2, 0) is 34.3 Å². The number of nitrogens with one attached hydrogen (secondary N) is 1. The quantitative estimate of drug-likeness (QED) is 0.106. The number of ether oxygens (including phenoxy) is 1. The van der Waals surface area contributed by atoms with E-state index in [1.54, 1.807) is 27.0 Å². The summed E-state index contributed by atoms with van der Waals surface area (Å²) < 4.78 is 36.4. The third kappa shape index (κ3) is 6.52. The maximum absolute atomic E-state index is 12.7. The summed E-state index contributed by atoms with van der Waals surface area (Å²) in [7, 11) is -4.71. The van der Waals surface area contributed by atoms with Crippen molar-refractivity contribution in [1.82, 2.24) is 14.6 Å². The van der Waals surface area contributed by atoms with Gasteiger partial charge >= 0.3 is 16.3 Å². The maximum atomic E-state index is 12.7. The van der Waals surface area contributed by atoms with E-state index in [0.717, 1.165) is 23.1 Å². The van der Waals surface area contributed by atoms with Crippen LogP contribution >= 0.6 is 23.1 Å². The van der Waals surface area contributed by atoms with Gasteiger partial charge in [0.25, 0.3) is 17.3 Å². The number of nitrogens with zero attached hydrogens (tertiary/aromatic N) is 3. The van der Waals surface area contributed by atoms with Crippen molar-refractivity contribution < 1.29 is 36.9 Å². The first-order valence-corrected chi connectivity index (χ1v) is 12.1. The highest BCUT2D eigenvalue weighted by Crippen LogP contribution is 2.19. The number of oxime groups is 1. The van der Waals surface area contributed by atoms with Crippen molar-refractivity contribution in [2.24, 2.45) is 5.16 Å². The fourth-order valence-corrected chi connectivity index (χ4v) is 3.78. The van der Waals surface area contributed by atoms with Gasteiger partial charge in [-0.05, 0) is 27.0 Å². The van der Waals surface area contributed by atoms with Crippen LogP contribution < -0.4 is 11.1 Å². The Bertz CT molecular complexity index is 1000. The topological polar surface area (TPSA) is 191 Å². The molecule has 1 fully saturated rings. The van der Waals surface area contributed by atoms with E-state index in [0.29, 0.717) is 0 Å². The van der Waals surface area contributed by atoms with Crippen molar-refractivity contribution in [2.75, 3.05) is 18.5 Å². The SMILES string of the molecule is CSC(ON=C(C(=O)N[C@H]1CN(S(=O)(=O)O)C1=O)c1csc(N)n1)C(=O)OC(C)(C)C. The fourth-order valence-electron chi connectivity index (χ4n) is 2.17. The number of hydrogen-bond acceptors (Lipinski definition) is 12. The number of amides is 2. The number of thioether (sulfide) groups is 1. The highest BCUT2D eigenvalue weighted by molar-refractivity contribution is 7.99. The summed E-state index contributed by atoms with van der Waals surface area (Å²) in [6, 6.07) is -1.21. The van der Waals surface area contributed by atoms with Crippen LogP contribution in [0.1, 0.15) is 26.5 Å². The molecule has 16 heteroatoms. The monoisotopic (exact) mass is 495 g/mol. The van der Waals surface area contributed by atoms with Gasteiger partial charge in [0.2, 0.25) is 0 Å². The third-order valence-corrected chi connectivity index (χ3v) is 5.78. The molecule has 2 heterocycles. The Morgan fingerprint density at radius 2 is 2.13 bits per heavy atom. The fraction of sp³-hybridized carbons (Fsp3) is 0.533. The molecule has 172 valence electrons. The zero-order valence-electron chi connectivity index (χ0n) is 16.9. The molecule has 0 bridgehead atoms. The number of rotatable bonds is 8. The summed E-state index contributed by atoms with van der Waals surface area (Å²) in [5.41, 5.74) is 3.24. The minimum Gasteiger partial charge on any atom is -0.456 e. The van der Waals surface area contributed by atoms with E-state index < -0.39 is 57.4 Å². The lowest BCUT2D eigenvalue weighted by Gasteiger charge is -2.35. The van der Waals surface area contributed by atoms with E-state index in [4.69, 9.17) is 19.9 Å². The van der Waals surface area contributed by atoms with Gasteiger partial charge in [0.1, 0.15) is 17.3 Å². The summed E-state index contributed by atoms with van der Waals surface area (Å²) in [6.45, 7) is 4.57. The average molecular weight is 496 g/mol. The molecule has 4 N–H and O–H groups in total. The van der Waals surface area contributed by atoms with Crippen LogP contribution in [0.3, 0.4) is 0 Å². The van der Waals surface area contributed by atoms with E-state index in [1.165, 1.54) is 5.38 Å². The van der Waals surface area contributed by atoms with Gasteiger partial charge in [-0.1, -0.05) is 5.16 Å². The first-order chi connectivity index (χ1) is 14.2. The predicted octanol–water partition coefficient (Wildman–Crippen LogP) is -0.393. The summed E-state index contributed by atoms with van der Waals surface area (Å²) in [5.74, 6) is -2.67. The Morgan fingerprint density at radius 3 is 2.58 bits per heavy atom. The molecule has 0 aliphatic carbocycles. The number of nitrogen functional groups attached to an aromatic ring is 1. The lowest BCUT2D eigenvalue weighted by Crippen LogP contribution is -2.65. The smallest absolute Gasteiger partial charge is 0.362 e. The van der Waals surface area contributed by atoms with E-state index in [9.17, 15) is 22.8 Å². The lowest BCUT2D eigenvalue weighted by molar-refractivity contribution is -0.162. The largest absolute Gasteiger partial charge is 0.456 e. The van der Waals surface area contributed by atoms with Crippen molar-refractivity contribution in [3.63, 3.8) is 0 Å². The van der Waals surface area contributed by atoms with Gasteiger partial charge in [-0.25, -0.2) is 14.1 Å². The van der Waals surface area contributed by atoms with E-state index in [1.807, 2.05) is 0 Å². The Kier molecular flexibility index (Phi) is 7.51. The molecule has 0 aromatic carbocycles. The predicted molar refractivity (Wildman–Crippen MR) is 112 cm³/mol. The zero-order chi connectivity index (χ0) is 23.6. The summed E-state index contributed by atoms with van der Waals surface area (Å²) in [5, 5.41) is 7.52. The Morgan fingerprint density at radius 1 is 1.48 bits per heavy atom. The molecule has 1 aromatic heterocycles. The second-order valence-electron chi connectivity index (χ2n) is 7.09. The third-order valence-electron chi connectivity index (χ3n) is 3.51. The standard InChI is InChI=1S/C15H21N5O8S3/c1-15(2,3)27-12(23)13(29-4)28-19-9(8-6-30-14(16)18-8)10(21)17-7-5-20(11(7)22)31(24,25)26/h6-7,13H,5H2,1-4H3,(H2,16,18)(H,17,21)(H,24,25,26)/t7-,13?/m0/s1. The van der Waals surface area contributed by atoms with Gasteiger partial charge in [-0.15, -0.1) is 23.1 Å². The van der Waals surface area contributed by atoms with Crippen LogP contribution in [0.4, 0.5) is 5.13 Å². The van der Waals surface area contributed by atoms with Crippen LogP contribution in [0.5, 0.6) is 0 Å². The molecule has 2 rings (SSSR count). The van der Waals surface area contributed by atoms with E-state index >= 15 is 0 Å². The molecular weight excluding hydrogens is 474 g/mol. The molecule has 2 atom stereocenters. The normalized spacial score (nSPS) is 18.2.